The standard InChI is InChI=1S/C16H31N3/c1-13-6-7-15(17)16(12-13)19-10-8-18(9-11-19)14-4-2-3-5-14/h13-16H,2-12,17H2,1H3. The Hall–Kier alpha value is -0.120. The van der Waals surface area contributed by atoms with Gasteiger partial charge in [-0.15, -0.1) is 0 Å². The van der Waals surface area contributed by atoms with Gasteiger partial charge in [0.25, 0.3) is 0 Å². The molecule has 3 fully saturated rings. The Labute approximate surface area is 118 Å². The Morgan fingerprint density at radius 3 is 2.16 bits per heavy atom. The van der Waals surface area contributed by atoms with E-state index >= 15 is 0 Å². The predicted molar refractivity (Wildman–Crippen MR) is 80.2 cm³/mol. The summed E-state index contributed by atoms with van der Waals surface area (Å²) in [5.41, 5.74) is 6.37. The van der Waals surface area contributed by atoms with E-state index in [0.717, 1.165) is 12.0 Å². The maximum atomic E-state index is 6.37. The quantitative estimate of drug-likeness (QED) is 0.829. The van der Waals surface area contributed by atoms with Crippen LogP contribution in [0.1, 0.15) is 51.9 Å². The van der Waals surface area contributed by atoms with E-state index in [1.54, 1.807) is 0 Å². The van der Waals surface area contributed by atoms with Crippen molar-refractivity contribution in [1.82, 2.24) is 9.80 Å². The van der Waals surface area contributed by atoms with Crippen molar-refractivity contribution in [2.75, 3.05) is 26.2 Å². The zero-order valence-electron chi connectivity index (χ0n) is 12.6. The summed E-state index contributed by atoms with van der Waals surface area (Å²) in [6.45, 7) is 7.46. The Balaban J connectivity index is 1.51. The van der Waals surface area contributed by atoms with Crippen molar-refractivity contribution in [2.45, 2.75) is 70.0 Å². The highest BCUT2D eigenvalue weighted by molar-refractivity contribution is 4.91. The Morgan fingerprint density at radius 1 is 0.842 bits per heavy atom. The van der Waals surface area contributed by atoms with Crippen LogP contribution in [0.15, 0.2) is 0 Å². The van der Waals surface area contributed by atoms with Gasteiger partial charge in [0, 0.05) is 44.3 Å². The minimum Gasteiger partial charge on any atom is -0.326 e. The first-order valence-corrected chi connectivity index (χ1v) is 8.47. The van der Waals surface area contributed by atoms with Crippen molar-refractivity contribution in [3.05, 3.63) is 0 Å². The first-order chi connectivity index (χ1) is 9.24. The van der Waals surface area contributed by atoms with Gasteiger partial charge in [0.15, 0.2) is 0 Å². The molecule has 1 saturated heterocycles. The van der Waals surface area contributed by atoms with Crippen LogP contribution < -0.4 is 5.73 Å². The van der Waals surface area contributed by atoms with E-state index in [-0.39, 0.29) is 0 Å². The van der Waals surface area contributed by atoms with Gasteiger partial charge in [-0.25, -0.2) is 0 Å². The molecule has 3 aliphatic rings. The number of rotatable bonds is 2. The summed E-state index contributed by atoms with van der Waals surface area (Å²) < 4.78 is 0. The van der Waals surface area contributed by atoms with Crippen molar-refractivity contribution in [2.24, 2.45) is 11.7 Å². The number of hydrogen-bond acceptors (Lipinski definition) is 3. The molecule has 3 nitrogen and oxygen atoms in total. The summed E-state index contributed by atoms with van der Waals surface area (Å²) in [6.07, 6.45) is 9.69. The zero-order valence-corrected chi connectivity index (χ0v) is 12.6. The molecule has 3 unspecified atom stereocenters. The molecule has 3 rings (SSSR count). The lowest BCUT2D eigenvalue weighted by molar-refractivity contribution is 0.0422. The first kappa shape index (κ1) is 13.8. The van der Waals surface area contributed by atoms with Crippen molar-refractivity contribution in [3.8, 4) is 0 Å². The average Bonchev–Trinajstić information content (AvgIpc) is 2.96. The lowest BCUT2D eigenvalue weighted by Crippen LogP contribution is -2.58. The molecule has 0 amide bonds. The average molecular weight is 265 g/mol. The normalized spacial score (nSPS) is 39.8. The van der Waals surface area contributed by atoms with Gasteiger partial charge in [-0.2, -0.15) is 0 Å². The molecule has 2 saturated carbocycles. The molecule has 110 valence electrons. The number of nitrogens with zero attached hydrogens (tertiary/aromatic N) is 2. The summed E-state index contributed by atoms with van der Waals surface area (Å²) in [5, 5.41) is 0. The first-order valence-electron chi connectivity index (χ1n) is 8.47. The smallest absolute Gasteiger partial charge is 0.0250 e. The molecule has 2 N–H and O–H groups in total. The SMILES string of the molecule is CC1CCC(N)C(N2CCN(C3CCCC3)CC2)C1. The minimum atomic E-state index is 0.425. The molecular weight excluding hydrogens is 234 g/mol. The van der Waals surface area contributed by atoms with E-state index in [4.69, 9.17) is 5.73 Å². The van der Waals surface area contributed by atoms with Crippen LogP contribution in [-0.4, -0.2) is 54.1 Å². The van der Waals surface area contributed by atoms with Crippen LogP contribution in [0.4, 0.5) is 0 Å². The molecule has 0 bridgehead atoms. The minimum absolute atomic E-state index is 0.425. The third-order valence-corrected chi connectivity index (χ3v) is 5.79. The van der Waals surface area contributed by atoms with Gasteiger partial charge >= 0.3 is 0 Å². The van der Waals surface area contributed by atoms with Crippen molar-refractivity contribution < 1.29 is 0 Å². The lowest BCUT2D eigenvalue weighted by atomic mass is 9.82. The third kappa shape index (κ3) is 3.14. The second kappa shape index (κ2) is 6.11. The highest BCUT2D eigenvalue weighted by atomic mass is 15.3. The van der Waals surface area contributed by atoms with Crippen LogP contribution in [0.2, 0.25) is 0 Å². The van der Waals surface area contributed by atoms with Gasteiger partial charge in [-0.05, 0) is 38.0 Å². The highest BCUT2D eigenvalue weighted by Gasteiger charge is 2.34. The fraction of sp³-hybridized carbons (Fsp3) is 1.00. The van der Waals surface area contributed by atoms with Crippen LogP contribution in [0.5, 0.6) is 0 Å². The monoisotopic (exact) mass is 265 g/mol. The molecule has 0 aromatic carbocycles. The summed E-state index contributed by atoms with van der Waals surface area (Å²) in [5.74, 6) is 0.873. The maximum absolute atomic E-state index is 6.37. The molecule has 0 aromatic heterocycles. The second-order valence-corrected chi connectivity index (χ2v) is 7.16. The lowest BCUT2D eigenvalue weighted by Gasteiger charge is -2.45. The summed E-state index contributed by atoms with van der Waals surface area (Å²) in [7, 11) is 0. The molecule has 2 aliphatic carbocycles. The summed E-state index contributed by atoms with van der Waals surface area (Å²) in [4.78, 5) is 5.45. The maximum Gasteiger partial charge on any atom is 0.0250 e. The van der Waals surface area contributed by atoms with Crippen LogP contribution in [0.25, 0.3) is 0 Å². The number of hydrogen-bond donors (Lipinski definition) is 1. The molecule has 0 spiro atoms. The van der Waals surface area contributed by atoms with Crippen molar-refractivity contribution >= 4 is 0 Å². The van der Waals surface area contributed by atoms with E-state index in [1.165, 1.54) is 71.1 Å². The molecule has 0 radical (unpaired) electrons. The zero-order chi connectivity index (χ0) is 13.2. The van der Waals surface area contributed by atoms with Crippen molar-refractivity contribution in [1.29, 1.82) is 0 Å². The topological polar surface area (TPSA) is 32.5 Å². The molecule has 3 atom stereocenters. The predicted octanol–water partition coefficient (Wildman–Crippen LogP) is 2.06. The van der Waals surface area contributed by atoms with Crippen LogP contribution in [-0.2, 0) is 0 Å². The van der Waals surface area contributed by atoms with E-state index in [2.05, 4.69) is 16.7 Å². The highest BCUT2D eigenvalue weighted by Crippen LogP contribution is 2.29. The molecular formula is C16H31N3. The molecule has 19 heavy (non-hydrogen) atoms. The fourth-order valence-electron chi connectivity index (χ4n) is 4.50. The van der Waals surface area contributed by atoms with Gasteiger partial charge in [0.05, 0.1) is 0 Å². The summed E-state index contributed by atoms with van der Waals surface area (Å²) >= 11 is 0. The Bertz CT molecular complexity index is 280. The van der Waals surface area contributed by atoms with Gasteiger partial charge < -0.3 is 5.73 Å². The van der Waals surface area contributed by atoms with Crippen LogP contribution >= 0.6 is 0 Å². The Kier molecular flexibility index (Phi) is 4.45. The van der Waals surface area contributed by atoms with Crippen molar-refractivity contribution in [3.63, 3.8) is 0 Å². The van der Waals surface area contributed by atoms with E-state index in [9.17, 15) is 0 Å². The second-order valence-electron chi connectivity index (χ2n) is 7.16. The molecule has 1 aliphatic heterocycles. The van der Waals surface area contributed by atoms with E-state index < -0.39 is 0 Å². The molecule has 0 aromatic rings. The van der Waals surface area contributed by atoms with E-state index in [0.29, 0.717) is 12.1 Å². The number of nitrogens with two attached hydrogens (primary N) is 1. The van der Waals surface area contributed by atoms with Crippen LogP contribution in [0.3, 0.4) is 0 Å². The van der Waals surface area contributed by atoms with E-state index in [1.807, 2.05) is 0 Å². The third-order valence-electron chi connectivity index (χ3n) is 5.79. The van der Waals surface area contributed by atoms with Gasteiger partial charge in [0.1, 0.15) is 0 Å². The number of piperazine rings is 1. The summed E-state index contributed by atoms with van der Waals surface area (Å²) in [6, 6.07) is 1.99. The largest absolute Gasteiger partial charge is 0.326 e. The molecule has 3 heteroatoms. The van der Waals surface area contributed by atoms with Crippen LogP contribution in [0, 0.1) is 5.92 Å². The Morgan fingerprint density at radius 2 is 1.47 bits per heavy atom. The molecule has 1 heterocycles. The van der Waals surface area contributed by atoms with Gasteiger partial charge in [0.2, 0.25) is 0 Å². The fourth-order valence-corrected chi connectivity index (χ4v) is 4.50. The van der Waals surface area contributed by atoms with Gasteiger partial charge in [-0.1, -0.05) is 19.8 Å². The van der Waals surface area contributed by atoms with Gasteiger partial charge in [-0.3, -0.25) is 9.80 Å².